The van der Waals surface area contributed by atoms with Crippen molar-refractivity contribution in [1.82, 2.24) is 19.3 Å². The van der Waals surface area contributed by atoms with E-state index in [9.17, 15) is 0 Å². The molecule has 5 nitrogen and oxygen atoms in total. The predicted octanol–water partition coefficient (Wildman–Crippen LogP) is 12.1. The molecule has 0 bridgehead atoms. The number of hydrogen-bond acceptors (Lipinski definition) is 3. The Morgan fingerprint density at radius 1 is 0.706 bits per heavy atom. The van der Waals surface area contributed by atoms with Gasteiger partial charge in [-0.25, -0.2) is 9.67 Å². The van der Waals surface area contributed by atoms with E-state index in [4.69, 9.17) is 14.8 Å². The van der Waals surface area contributed by atoms with Crippen LogP contribution in [0.3, 0.4) is 0 Å². The Hall–Kier alpha value is -5.16. The zero-order valence-electron chi connectivity index (χ0n) is 31.7. The number of rotatable bonds is 9. The van der Waals surface area contributed by atoms with Crippen LogP contribution in [0.15, 0.2) is 91.1 Å². The fraction of sp³-hybridized carbons (Fsp3) is 0.304. The maximum atomic E-state index is 6.81. The van der Waals surface area contributed by atoms with Gasteiger partial charge in [-0.15, -0.1) is 0 Å². The lowest BCUT2D eigenvalue weighted by atomic mass is 9.86. The smallest absolute Gasteiger partial charge is 0.137 e. The summed E-state index contributed by atoms with van der Waals surface area (Å²) >= 11 is 0. The molecule has 4 aromatic carbocycles. The molecule has 7 aromatic rings. The number of nitrogens with zero attached hydrogens (tertiary/aromatic N) is 4. The number of aryl methyl sites for hydroxylation is 5. The molecule has 0 N–H and O–H groups in total. The van der Waals surface area contributed by atoms with Crippen molar-refractivity contribution in [2.45, 2.75) is 93.4 Å². The molecule has 0 saturated carbocycles. The molecule has 0 unspecified atom stereocenters. The minimum absolute atomic E-state index is 0.0969. The van der Waals surface area contributed by atoms with Gasteiger partial charge < -0.3 is 4.74 Å². The van der Waals surface area contributed by atoms with Crippen molar-refractivity contribution < 1.29 is 4.74 Å². The molecule has 0 aliphatic heterocycles. The molecule has 51 heavy (non-hydrogen) atoms. The minimum Gasteiger partial charge on any atom is -0.457 e. The van der Waals surface area contributed by atoms with Gasteiger partial charge in [0, 0.05) is 40.4 Å². The highest BCUT2D eigenvalue weighted by Gasteiger charge is 2.23. The predicted molar refractivity (Wildman–Crippen MR) is 213 cm³/mol. The summed E-state index contributed by atoms with van der Waals surface area (Å²) in [5.41, 5.74) is 14.4. The largest absolute Gasteiger partial charge is 0.457 e. The van der Waals surface area contributed by atoms with Gasteiger partial charge in [-0.1, -0.05) is 83.9 Å². The van der Waals surface area contributed by atoms with Crippen molar-refractivity contribution in [3.8, 4) is 34.1 Å². The maximum Gasteiger partial charge on any atom is 0.137 e. The standard InChI is InChI=1S/C46H50N4O/c1-10-15-32-20-21-47-43(24-32)49-41-17-14-13-16-39(41)40-19-18-37(28-42(40)49)51-38-26-35(46(7,8)9)25-36(27-38)50-31(6)44(30(5)48-50)45-33(11-2)22-29(4)23-34(45)12-3/h13-14,16-28H,10-12,15H2,1-9H3. The average molecular weight is 675 g/mol. The first-order chi connectivity index (χ1) is 24.5. The minimum atomic E-state index is -0.0969. The van der Waals surface area contributed by atoms with Gasteiger partial charge in [-0.05, 0) is 116 Å². The van der Waals surface area contributed by atoms with E-state index >= 15 is 0 Å². The van der Waals surface area contributed by atoms with E-state index in [-0.39, 0.29) is 5.41 Å². The van der Waals surface area contributed by atoms with Crippen molar-refractivity contribution >= 4 is 21.8 Å². The number of ether oxygens (including phenoxy) is 1. The van der Waals surface area contributed by atoms with Crippen molar-refractivity contribution in [2.24, 2.45) is 0 Å². The van der Waals surface area contributed by atoms with Crippen LogP contribution in [0, 0.1) is 20.8 Å². The first kappa shape index (κ1) is 34.3. The number of benzene rings is 4. The molecule has 0 aliphatic rings. The number of pyridine rings is 1. The summed E-state index contributed by atoms with van der Waals surface area (Å²) in [6.45, 7) is 20.0. The summed E-state index contributed by atoms with van der Waals surface area (Å²) in [6.07, 6.45) is 6.00. The Morgan fingerprint density at radius 3 is 2.14 bits per heavy atom. The molecule has 5 heteroatoms. The topological polar surface area (TPSA) is 44.9 Å². The summed E-state index contributed by atoms with van der Waals surface area (Å²) in [5.74, 6) is 2.49. The van der Waals surface area contributed by atoms with Gasteiger partial charge in [0.05, 0.1) is 22.4 Å². The highest BCUT2D eigenvalue weighted by atomic mass is 16.5. The fourth-order valence-corrected chi connectivity index (χ4v) is 7.70. The highest BCUT2D eigenvalue weighted by molar-refractivity contribution is 6.09. The van der Waals surface area contributed by atoms with Crippen LogP contribution in [0.25, 0.3) is 44.4 Å². The molecular weight excluding hydrogens is 625 g/mol. The van der Waals surface area contributed by atoms with Gasteiger partial charge in [0.15, 0.2) is 0 Å². The molecule has 0 amide bonds. The highest BCUT2D eigenvalue weighted by Crippen LogP contribution is 2.39. The van der Waals surface area contributed by atoms with Crippen molar-refractivity contribution in [1.29, 1.82) is 0 Å². The third-order valence-corrected chi connectivity index (χ3v) is 10.2. The number of fused-ring (bicyclic) bond motifs is 3. The number of aromatic nitrogens is 4. The van der Waals surface area contributed by atoms with Crippen molar-refractivity contribution in [2.75, 3.05) is 0 Å². The average Bonchev–Trinajstić information content (AvgIpc) is 3.60. The molecule has 7 rings (SSSR count). The monoisotopic (exact) mass is 674 g/mol. The molecule has 3 aromatic heterocycles. The zero-order chi connectivity index (χ0) is 36.0. The van der Waals surface area contributed by atoms with Crippen LogP contribution in [-0.4, -0.2) is 19.3 Å². The van der Waals surface area contributed by atoms with Gasteiger partial charge in [0.2, 0.25) is 0 Å². The Morgan fingerprint density at radius 2 is 1.43 bits per heavy atom. The molecule has 0 aliphatic carbocycles. The van der Waals surface area contributed by atoms with E-state index in [0.717, 1.165) is 71.1 Å². The van der Waals surface area contributed by atoms with E-state index in [1.165, 1.54) is 49.7 Å². The summed E-state index contributed by atoms with van der Waals surface area (Å²) in [4.78, 5) is 4.84. The Labute approximate surface area is 302 Å². The van der Waals surface area contributed by atoms with E-state index in [0.29, 0.717) is 0 Å². The Kier molecular flexibility index (Phi) is 9.09. The molecule has 260 valence electrons. The maximum absolute atomic E-state index is 6.81. The number of hydrogen-bond donors (Lipinski definition) is 0. The van der Waals surface area contributed by atoms with Crippen LogP contribution in [0.5, 0.6) is 11.5 Å². The third-order valence-electron chi connectivity index (χ3n) is 10.2. The van der Waals surface area contributed by atoms with Crippen molar-refractivity contribution in [3.63, 3.8) is 0 Å². The first-order valence-corrected chi connectivity index (χ1v) is 18.5. The SMILES string of the molecule is CCCc1ccnc(-n2c3ccccc3c3ccc(Oc4cc(-n5nc(C)c(-c6c(CC)cc(C)cc6CC)c5C)cc(C(C)(C)C)c4)cc32)c1. The lowest BCUT2D eigenvalue weighted by Crippen LogP contribution is -2.12. The quantitative estimate of drug-likeness (QED) is 0.153. The molecule has 0 radical (unpaired) electrons. The normalized spacial score (nSPS) is 11.9. The summed E-state index contributed by atoms with van der Waals surface area (Å²) < 4.78 is 11.2. The molecule has 0 saturated heterocycles. The molecule has 0 spiro atoms. The second-order valence-corrected chi connectivity index (χ2v) is 15.0. The lowest BCUT2D eigenvalue weighted by Gasteiger charge is -2.22. The molecule has 0 atom stereocenters. The molecule has 3 heterocycles. The van der Waals surface area contributed by atoms with Crippen LogP contribution >= 0.6 is 0 Å². The number of para-hydroxylation sites is 1. The second kappa shape index (κ2) is 13.5. The zero-order valence-corrected chi connectivity index (χ0v) is 31.7. The van der Waals surface area contributed by atoms with E-state index in [1.54, 1.807) is 0 Å². The van der Waals surface area contributed by atoms with Crippen LogP contribution < -0.4 is 4.74 Å². The van der Waals surface area contributed by atoms with Crippen molar-refractivity contribution in [3.05, 3.63) is 130 Å². The van der Waals surface area contributed by atoms with Crippen LogP contribution in [0.1, 0.15) is 87.2 Å². The van der Waals surface area contributed by atoms with Crippen LogP contribution in [-0.2, 0) is 24.7 Å². The lowest BCUT2D eigenvalue weighted by molar-refractivity contribution is 0.478. The van der Waals surface area contributed by atoms with Crippen LogP contribution in [0.2, 0.25) is 0 Å². The van der Waals surface area contributed by atoms with Gasteiger partial charge in [0.1, 0.15) is 17.3 Å². The first-order valence-electron chi connectivity index (χ1n) is 18.5. The Bertz CT molecular complexity index is 2380. The molecule has 0 fully saturated rings. The van der Waals surface area contributed by atoms with Gasteiger partial charge in [-0.2, -0.15) is 5.10 Å². The fourth-order valence-electron chi connectivity index (χ4n) is 7.70. The van der Waals surface area contributed by atoms with E-state index < -0.39 is 0 Å². The van der Waals surface area contributed by atoms with Gasteiger partial charge in [-0.3, -0.25) is 4.57 Å². The molecular formula is C46H50N4O. The summed E-state index contributed by atoms with van der Waals surface area (Å²) in [7, 11) is 0. The third kappa shape index (κ3) is 6.35. The van der Waals surface area contributed by atoms with E-state index in [1.807, 2.05) is 6.20 Å². The van der Waals surface area contributed by atoms with E-state index in [2.05, 4.69) is 156 Å². The van der Waals surface area contributed by atoms with Crippen LogP contribution in [0.4, 0.5) is 0 Å². The summed E-state index contributed by atoms with van der Waals surface area (Å²) in [5, 5.41) is 7.56. The summed E-state index contributed by atoms with van der Waals surface area (Å²) in [6, 6.07) is 30.6. The second-order valence-electron chi connectivity index (χ2n) is 15.0. The Balaban J connectivity index is 1.35. The van der Waals surface area contributed by atoms with Gasteiger partial charge >= 0.3 is 0 Å². The van der Waals surface area contributed by atoms with Gasteiger partial charge in [0.25, 0.3) is 0 Å².